The molecule has 0 saturated heterocycles. The maximum absolute atomic E-state index is 8.70. The van der Waals surface area contributed by atoms with Crippen molar-refractivity contribution < 1.29 is 5.79 Å². The number of nitrogens with zero attached hydrogens (tertiary/aromatic N) is 4. The van der Waals surface area contributed by atoms with E-state index in [1.54, 1.807) is 6.20 Å². The van der Waals surface area contributed by atoms with Gasteiger partial charge in [-0.15, -0.1) is 0 Å². The van der Waals surface area contributed by atoms with Gasteiger partial charge in [0.05, 0.1) is 12.7 Å². The van der Waals surface area contributed by atoms with Crippen molar-refractivity contribution in [2.75, 3.05) is 9.80 Å². The number of aromatic nitrogens is 2. The minimum atomic E-state index is -0.814. The number of rotatable bonds is 2. The number of hydrogen-bond acceptors (Lipinski definition) is 5. The fraction of sp³-hybridized carbons (Fsp3) is 0.304. The summed E-state index contributed by atoms with van der Waals surface area (Å²) in [6, 6.07) is 11.5. The van der Waals surface area contributed by atoms with E-state index in [-0.39, 0.29) is 6.17 Å². The van der Waals surface area contributed by atoms with Crippen LogP contribution in [0.3, 0.4) is 0 Å². The first-order valence-corrected chi connectivity index (χ1v) is 9.60. The number of pyridine rings is 2. The van der Waals surface area contributed by atoms with Crippen LogP contribution in [0, 0.1) is 13.8 Å². The first-order chi connectivity index (χ1) is 13.8. The Bertz CT molecular complexity index is 1260. The van der Waals surface area contributed by atoms with Gasteiger partial charge >= 0.3 is 0 Å². The first kappa shape index (κ1) is 15.9. The molecule has 5 rings (SSSR count). The van der Waals surface area contributed by atoms with Crippen LogP contribution in [0.25, 0.3) is 22.1 Å². The lowest BCUT2D eigenvalue weighted by Gasteiger charge is -2.33. The molecule has 1 aliphatic rings. The molecular weight excluding hydrogens is 348 g/mol. The molecule has 0 fully saturated rings. The fourth-order valence-corrected chi connectivity index (χ4v) is 4.35. The topological polar surface area (TPSA) is 45.4 Å². The summed E-state index contributed by atoms with van der Waals surface area (Å²) in [6.45, 7) is 9.97. The molecule has 0 N–H and O–H groups in total. The molecule has 142 valence electrons. The molecule has 5 nitrogen and oxygen atoms in total. The SMILES string of the molecule is [2H]C(C)(C)N1c2ncccc2N(c2c(C)ccc3c2oc2nc(C)ccc23)[C@H]1C. The zero-order valence-corrected chi connectivity index (χ0v) is 16.8. The highest BCUT2D eigenvalue weighted by Gasteiger charge is 2.38. The predicted molar refractivity (Wildman–Crippen MR) is 114 cm³/mol. The molecule has 3 aromatic heterocycles. The van der Waals surface area contributed by atoms with Crippen LogP contribution >= 0.6 is 0 Å². The van der Waals surface area contributed by atoms with Crippen LogP contribution in [-0.4, -0.2) is 22.2 Å². The molecular formula is C23H24N4O. The summed E-state index contributed by atoms with van der Waals surface area (Å²) in [5.41, 5.74) is 5.51. The first-order valence-electron chi connectivity index (χ1n) is 10.1. The van der Waals surface area contributed by atoms with E-state index in [0.717, 1.165) is 44.8 Å². The molecule has 1 atom stereocenters. The van der Waals surface area contributed by atoms with Gasteiger partial charge in [0.2, 0.25) is 5.71 Å². The van der Waals surface area contributed by atoms with Crippen molar-refractivity contribution in [3.05, 3.63) is 53.9 Å². The third-order valence-corrected chi connectivity index (χ3v) is 5.55. The highest BCUT2D eigenvalue weighted by atomic mass is 16.3. The quantitative estimate of drug-likeness (QED) is 0.451. The van der Waals surface area contributed by atoms with E-state index in [1.165, 1.54) is 0 Å². The molecule has 0 amide bonds. The molecule has 1 aliphatic heterocycles. The fourth-order valence-electron chi connectivity index (χ4n) is 4.35. The summed E-state index contributed by atoms with van der Waals surface area (Å²) >= 11 is 0. The second-order valence-electron chi connectivity index (χ2n) is 7.68. The summed E-state index contributed by atoms with van der Waals surface area (Å²) < 4.78 is 15.0. The van der Waals surface area contributed by atoms with E-state index in [0.29, 0.717) is 5.71 Å². The van der Waals surface area contributed by atoms with Crippen molar-refractivity contribution in [1.29, 1.82) is 0 Å². The maximum atomic E-state index is 8.70. The van der Waals surface area contributed by atoms with Gasteiger partial charge < -0.3 is 14.2 Å². The van der Waals surface area contributed by atoms with Crippen LogP contribution in [-0.2, 0) is 0 Å². The van der Waals surface area contributed by atoms with Gasteiger partial charge in [-0.05, 0) is 64.4 Å². The highest BCUT2D eigenvalue weighted by Crippen LogP contribution is 2.47. The van der Waals surface area contributed by atoms with Gasteiger partial charge in [-0.3, -0.25) is 0 Å². The van der Waals surface area contributed by atoms with Crippen LogP contribution in [0.2, 0.25) is 0 Å². The highest BCUT2D eigenvalue weighted by molar-refractivity contribution is 6.09. The molecule has 0 radical (unpaired) electrons. The van der Waals surface area contributed by atoms with E-state index in [1.807, 2.05) is 37.8 Å². The lowest BCUT2D eigenvalue weighted by Crippen LogP contribution is -2.42. The van der Waals surface area contributed by atoms with E-state index in [9.17, 15) is 0 Å². The average molecular weight is 373 g/mol. The summed E-state index contributed by atoms with van der Waals surface area (Å²) in [5.74, 6) is 0.821. The number of furan rings is 1. The Kier molecular flexibility index (Phi) is 3.39. The molecule has 0 spiro atoms. The zero-order valence-electron chi connectivity index (χ0n) is 17.8. The molecule has 0 saturated carbocycles. The Morgan fingerprint density at radius 3 is 2.68 bits per heavy atom. The van der Waals surface area contributed by atoms with Crippen molar-refractivity contribution in [3.8, 4) is 0 Å². The minimum Gasteiger partial charge on any atom is -0.435 e. The number of aryl methyl sites for hydroxylation is 2. The van der Waals surface area contributed by atoms with Crippen molar-refractivity contribution in [2.45, 2.75) is 46.8 Å². The Labute approximate surface area is 166 Å². The summed E-state index contributed by atoms with van der Waals surface area (Å²) in [6.07, 6.45) is 1.70. The van der Waals surface area contributed by atoms with Crippen LogP contribution in [0.15, 0.2) is 47.0 Å². The monoisotopic (exact) mass is 373 g/mol. The second-order valence-corrected chi connectivity index (χ2v) is 7.68. The number of benzene rings is 1. The predicted octanol–water partition coefficient (Wildman–Crippen LogP) is 5.71. The lowest BCUT2D eigenvalue weighted by molar-refractivity contribution is 0.597. The van der Waals surface area contributed by atoms with E-state index < -0.39 is 6.02 Å². The Hall–Kier alpha value is -3.08. The Balaban J connectivity index is 1.81. The molecule has 0 aliphatic carbocycles. The van der Waals surface area contributed by atoms with E-state index in [4.69, 9.17) is 5.79 Å². The minimum absolute atomic E-state index is 0.0837. The van der Waals surface area contributed by atoms with E-state index in [2.05, 4.69) is 53.0 Å². The van der Waals surface area contributed by atoms with Crippen molar-refractivity contribution in [3.63, 3.8) is 0 Å². The molecule has 1 aromatic carbocycles. The largest absolute Gasteiger partial charge is 0.435 e. The molecule has 5 heteroatoms. The van der Waals surface area contributed by atoms with Gasteiger partial charge in [0.15, 0.2) is 11.4 Å². The molecule has 28 heavy (non-hydrogen) atoms. The molecule has 0 unspecified atom stereocenters. The Morgan fingerprint density at radius 2 is 1.89 bits per heavy atom. The van der Waals surface area contributed by atoms with Crippen molar-refractivity contribution >= 4 is 39.3 Å². The third kappa shape index (κ3) is 2.25. The van der Waals surface area contributed by atoms with Crippen molar-refractivity contribution in [1.82, 2.24) is 9.97 Å². The molecule has 4 heterocycles. The number of anilines is 3. The summed E-state index contributed by atoms with van der Waals surface area (Å²) in [5, 5.41) is 2.07. The number of fused-ring (bicyclic) bond motifs is 4. The van der Waals surface area contributed by atoms with Gasteiger partial charge in [-0.2, -0.15) is 0 Å². The smallest absolute Gasteiger partial charge is 0.227 e. The van der Waals surface area contributed by atoms with Gasteiger partial charge in [0, 0.05) is 28.7 Å². The third-order valence-electron chi connectivity index (χ3n) is 5.55. The van der Waals surface area contributed by atoms with Gasteiger partial charge in [0.25, 0.3) is 0 Å². The summed E-state index contributed by atoms with van der Waals surface area (Å²) in [7, 11) is 0. The van der Waals surface area contributed by atoms with E-state index >= 15 is 0 Å². The summed E-state index contributed by atoms with van der Waals surface area (Å²) in [4.78, 5) is 13.5. The second kappa shape index (κ2) is 5.96. The van der Waals surface area contributed by atoms with Crippen LogP contribution in [0.1, 0.15) is 33.4 Å². The Morgan fingerprint density at radius 1 is 1.11 bits per heavy atom. The van der Waals surface area contributed by atoms with Crippen LogP contribution in [0.4, 0.5) is 17.2 Å². The standard InChI is InChI=1S/C23H24N4O/c1-13(2)26-16(5)27(19-7-6-12-24-22(19)26)20-14(3)8-10-17-18-11-9-15(4)25-23(18)28-21(17)20/h6-13,16H,1-5H3/t16-/m0/s1/i13D. The molecule has 0 bridgehead atoms. The normalized spacial score (nSPS) is 17.5. The van der Waals surface area contributed by atoms with Crippen LogP contribution < -0.4 is 9.80 Å². The van der Waals surface area contributed by atoms with Gasteiger partial charge in [0.1, 0.15) is 6.17 Å². The average Bonchev–Trinajstić information content (AvgIpc) is 3.15. The lowest BCUT2D eigenvalue weighted by atomic mass is 10.1. The zero-order chi connectivity index (χ0) is 20.5. The van der Waals surface area contributed by atoms with Crippen LogP contribution in [0.5, 0.6) is 0 Å². The van der Waals surface area contributed by atoms with Gasteiger partial charge in [-0.1, -0.05) is 12.1 Å². The number of hydrogen-bond donors (Lipinski definition) is 0. The molecule has 4 aromatic rings. The maximum Gasteiger partial charge on any atom is 0.227 e. The van der Waals surface area contributed by atoms with Gasteiger partial charge in [-0.25, -0.2) is 9.97 Å². The van der Waals surface area contributed by atoms with Crippen molar-refractivity contribution in [2.24, 2.45) is 0 Å².